The van der Waals surface area contributed by atoms with Gasteiger partial charge >= 0.3 is 0 Å². The van der Waals surface area contributed by atoms with Gasteiger partial charge in [0.1, 0.15) is 6.04 Å². The van der Waals surface area contributed by atoms with E-state index in [4.69, 9.17) is 0 Å². The number of rotatable bonds is 6. The molecule has 1 N–H and O–H groups in total. The average Bonchev–Trinajstić information content (AvgIpc) is 3.40. The number of carbonyl (C=O) groups is 3. The van der Waals surface area contributed by atoms with Crippen molar-refractivity contribution in [2.24, 2.45) is 5.92 Å². The molecule has 4 aromatic rings. The lowest BCUT2D eigenvalue weighted by Crippen LogP contribution is -2.47. The van der Waals surface area contributed by atoms with Crippen molar-refractivity contribution in [2.45, 2.75) is 26.3 Å². The number of hydrogen-bond donors (Lipinski definition) is 1. The second kappa shape index (κ2) is 8.83. The standard InChI is InChI=1S/C27H23N3O3S/c1-16(2)13-23(30-25(32)20-9-5-6-10-21(20)26(30)33)24(31)29-27-28-22(15-34-27)19-12-11-17-7-3-4-8-18(17)14-19/h3-12,14-16,23H,13H2,1-2H3,(H,28,29,31). The normalized spacial score (nSPS) is 14.0. The topological polar surface area (TPSA) is 79.4 Å². The number of nitrogens with zero attached hydrogens (tertiary/aromatic N) is 2. The third kappa shape index (κ3) is 3.99. The maximum Gasteiger partial charge on any atom is 0.262 e. The number of nitrogens with one attached hydrogen (secondary N) is 1. The second-order valence-electron chi connectivity index (χ2n) is 8.76. The predicted molar refractivity (Wildman–Crippen MR) is 134 cm³/mol. The van der Waals surface area contributed by atoms with E-state index in [-0.39, 0.29) is 5.92 Å². The Morgan fingerprint density at radius 2 is 1.59 bits per heavy atom. The number of imide groups is 1. The molecule has 2 heterocycles. The lowest BCUT2D eigenvalue weighted by atomic mass is 10.0. The molecule has 7 heteroatoms. The SMILES string of the molecule is CC(C)CC(C(=O)Nc1nc(-c2ccc3ccccc3c2)cs1)N1C(=O)c2ccccc2C1=O. The third-order valence-electron chi connectivity index (χ3n) is 5.91. The highest BCUT2D eigenvalue weighted by molar-refractivity contribution is 7.14. The molecule has 0 fully saturated rings. The quantitative estimate of drug-likeness (QED) is 0.372. The van der Waals surface area contributed by atoms with Crippen LogP contribution in [0.5, 0.6) is 0 Å². The Balaban J connectivity index is 1.39. The predicted octanol–water partition coefficient (Wildman–Crippen LogP) is 5.61. The first kappa shape index (κ1) is 22.0. The Morgan fingerprint density at radius 3 is 2.26 bits per heavy atom. The number of aromatic nitrogens is 1. The molecule has 0 bridgehead atoms. The molecule has 3 amide bonds. The van der Waals surface area contributed by atoms with Gasteiger partial charge in [0.25, 0.3) is 11.8 Å². The minimum Gasteiger partial charge on any atom is -0.300 e. The summed E-state index contributed by atoms with van der Waals surface area (Å²) < 4.78 is 0. The fourth-order valence-corrected chi connectivity index (χ4v) is 4.99. The van der Waals surface area contributed by atoms with Crippen molar-refractivity contribution in [2.75, 3.05) is 5.32 Å². The van der Waals surface area contributed by atoms with Crippen molar-refractivity contribution < 1.29 is 14.4 Å². The number of amides is 3. The van der Waals surface area contributed by atoms with Crippen LogP contribution >= 0.6 is 11.3 Å². The fourth-order valence-electron chi connectivity index (χ4n) is 4.27. The summed E-state index contributed by atoms with van der Waals surface area (Å²) in [4.78, 5) is 45.0. The minimum atomic E-state index is -0.916. The van der Waals surface area contributed by atoms with Gasteiger partial charge in [-0.1, -0.05) is 62.4 Å². The maximum absolute atomic E-state index is 13.3. The molecule has 1 aliphatic heterocycles. The zero-order valence-electron chi connectivity index (χ0n) is 18.8. The molecule has 0 spiro atoms. The van der Waals surface area contributed by atoms with Crippen LogP contribution in [0.25, 0.3) is 22.0 Å². The minimum absolute atomic E-state index is 0.101. The van der Waals surface area contributed by atoms with Crippen LogP contribution < -0.4 is 5.32 Å². The van der Waals surface area contributed by atoms with Gasteiger partial charge in [-0.25, -0.2) is 4.98 Å². The van der Waals surface area contributed by atoms with Crippen LogP contribution in [0.4, 0.5) is 5.13 Å². The number of anilines is 1. The average molecular weight is 470 g/mol. The summed E-state index contributed by atoms with van der Waals surface area (Å²) in [6.45, 7) is 3.92. The molecule has 170 valence electrons. The van der Waals surface area contributed by atoms with Gasteiger partial charge < -0.3 is 5.32 Å². The monoisotopic (exact) mass is 469 g/mol. The number of hydrogen-bond acceptors (Lipinski definition) is 5. The molecule has 0 saturated heterocycles. The lowest BCUT2D eigenvalue weighted by molar-refractivity contribution is -0.120. The second-order valence-corrected chi connectivity index (χ2v) is 9.62. The van der Waals surface area contributed by atoms with Crippen LogP contribution in [-0.4, -0.2) is 33.6 Å². The van der Waals surface area contributed by atoms with Crippen molar-refractivity contribution in [3.05, 3.63) is 83.2 Å². The van der Waals surface area contributed by atoms with E-state index in [1.807, 2.05) is 49.6 Å². The van der Waals surface area contributed by atoms with E-state index in [0.717, 1.165) is 26.9 Å². The van der Waals surface area contributed by atoms with E-state index in [0.29, 0.717) is 22.7 Å². The molecular weight excluding hydrogens is 446 g/mol. The van der Waals surface area contributed by atoms with Crippen LogP contribution in [0, 0.1) is 5.92 Å². The molecule has 1 atom stereocenters. The van der Waals surface area contributed by atoms with Crippen LogP contribution in [0.3, 0.4) is 0 Å². The Bertz CT molecular complexity index is 1390. The van der Waals surface area contributed by atoms with E-state index in [2.05, 4.69) is 22.4 Å². The molecule has 0 radical (unpaired) electrons. The van der Waals surface area contributed by atoms with E-state index < -0.39 is 23.8 Å². The molecule has 0 aliphatic carbocycles. The lowest BCUT2D eigenvalue weighted by Gasteiger charge is -2.26. The first-order valence-electron chi connectivity index (χ1n) is 11.1. The van der Waals surface area contributed by atoms with Crippen LogP contribution in [-0.2, 0) is 4.79 Å². The third-order valence-corrected chi connectivity index (χ3v) is 6.67. The highest BCUT2D eigenvalue weighted by Gasteiger charge is 2.42. The van der Waals surface area contributed by atoms with Crippen molar-refractivity contribution in [1.29, 1.82) is 0 Å². The summed E-state index contributed by atoms with van der Waals surface area (Å²) >= 11 is 1.31. The number of carbonyl (C=O) groups excluding carboxylic acids is 3. The molecule has 1 unspecified atom stereocenters. The maximum atomic E-state index is 13.3. The highest BCUT2D eigenvalue weighted by Crippen LogP contribution is 2.30. The summed E-state index contributed by atoms with van der Waals surface area (Å²) in [5.41, 5.74) is 2.38. The van der Waals surface area contributed by atoms with E-state index in [1.165, 1.54) is 11.3 Å². The molecule has 5 rings (SSSR count). The van der Waals surface area contributed by atoms with Crippen molar-refractivity contribution in [3.63, 3.8) is 0 Å². The molecule has 3 aromatic carbocycles. The molecule has 1 aliphatic rings. The van der Waals surface area contributed by atoms with Gasteiger partial charge in [-0.05, 0) is 41.3 Å². The molecule has 0 saturated carbocycles. The summed E-state index contributed by atoms with van der Waals surface area (Å²) in [7, 11) is 0. The highest BCUT2D eigenvalue weighted by atomic mass is 32.1. The van der Waals surface area contributed by atoms with E-state index >= 15 is 0 Å². The number of fused-ring (bicyclic) bond motifs is 2. The Labute approximate surface area is 201 Å². The van der Waals surface area contributed by atoms with Crippen LogP contribution in [0.1, 0.15) is 41.0 Å². The molecule has 34 heavy (non-hydrogen) atoms. The van der Waals surface area contributed by atoms with Gasteiger partial charge in [-0.15, -0.1) is 11.3 Å². The zero-order valence-corrected chi connectivity index (χ0v) is 19.6. The molecular formula is C27H23N3O3S. The van der Waals surface area contributed by atoms with E-state index in [9.17, 15) is 14.4 Å². The van der Waals surface area contributed by atoms with Gasteiger partial charge in [0, 0.05) is 10.9 Å². The van der Waals surface area contributed by atoms with Gasteiger partial charge in [0.15, 0.2) is 5.13 Å². The number of benzene rings is 3. The molecule has 1 aromatic heterocycles. The van der Waals surface area contributed by atoms with Gasteiger partial charge in [-0.2, -0.15) is 0 Å². The summed E-state index contributed by atoms with van der Waals surface area (Å²) in [5.74, 6) is -1.18. The zero-order chi connectivity index (χ0) is 23.8. The Hall–Kier alpha value is -3.84. The van der Waals surface area contributed by atoms with Crippen molar-refractivity contribution in [1.82, 2.24) is 9.88 Å². The summed E-state index contributed by atoms with van der Waals surface area (Å²) in [6.07, 6.45) is 0.361. The Morgan fingerprint density at radius 1 is 0.941 bits per heavy atom. The first-order chi connectivity index (χ1) is 16.4. The van der Waals surface area contributed by atoms with Crippen LogP contribution in [0.15, 0.2) is 72.1 Å². The smallest absolute Gasteiger partial charge is 0.262 e. The number of thiazole rings is 1. The van der Waals surface area contributed by atoms with Gasteiger partial charge in [-0.3, -0.25) is 19.3 Å². The summed E-state index contributed by atoms with van der Waals surface area (Å²) in [5, 5.41) is 7.42. The molecule has 6 nitrogen and oxygen atoms in total. The van der Waals surface area contributed by atoms with Gasteiger partial charge in [0.05, 0.1) is 16.8 Å². The first-order valence-corrected chi connectivity index (χ1v) is 12.0. The largest absolute Gasteiger partial charge is 0.300 e. The summed E-state index contributed by atoms with van der Waals surface area (Å²) in [6, 6.07) is 20.0. The van der Waals surface area contributed by atoms with Gasteiger partial charge in [0.2, 0.25) is 5.91 Å². The van der Waals surface area contributed by atoms with Crippen molar-refractivity contribution in [3.8, 4) is 11.3 Å². The van der Waals surface area contributed by atoms with E-state index in [1.54, 1.807) is 24.3 Å². The van der Waals surface area contributed by atoms with Crippen molar-refractivity contribution >= 4 is 45.0 Å². The Kier molecular flexibility index (Phi) is 5.71. The van der Waals surface area contributed by atoms with Crippen LogP contribution in [0.2, 0.25) is 0 Å². The fraction of sp³-hybridized carbons (Fsp3) is 0.185.